The van der Waals surface area contributed by atoms with Crippen molar-refractivity contribution in [3.05, 3.63) is 29.0 Å². The fourth-order valence-corrected chi connectivity index (χ4v) is 1.17. The zero-order valence-electron chi connectivity index (χ0n) is 8.82. The van der Waals surface area contributed by atoms with Crippen LogP contribution < -0.4 is 5.32 Å². The van der Waals surface area contributed by atoms with Gasteiger partial charge in [0, 0.05) is 12.4 Å². The van der Waals surface area contributed by atoms with Crippen molar-refractivity contribution in [2.45, 2.75) is 19.4 Å². The molecule has 1 rings (SSSR count). The molecular formula is C10H11ClN2O3. The normalized spacial score (nSPS) is 10.9. The number of halogens is 1. The molecule has 86 valence electrons. The SMILES string of the molecule is CC(C)(NC(=O)c1ccncc1Cl)C(=O)O. The van der Waals surface area contributed by atoms with Crippen molar-refractivity contribution in [3.63, 3.8) is 0 Å². The third-order valence-electron chi connectivity index (χ3n) is 1.98. The average molecular weight is 243 g/mol. The summed E-state index contributed by atoms with van der Waals surface area (Å²) < 4.78 is 0. The van der Waals surface area contributed by atoms with E-state index < -0.39 is 17.4 Å². The minimum atomic E-state index is -1.34. The summed E-state index contributed by atoms with van der Waals surface area (Å²) in [5.41, 5.74) is -1.14. The number of carbonyl (C=O) groups excluding carboxylic acids is 1. The van der Waals surface area contributed by atoms with E-state index >= 15 is 0 Å². The molecule has 0 unspecified atom stereocenters. The molecule has 0 saturated heterocycles. The first-order valence-electron chi connectivity index (χ1n) is 4.50. The second kappa shape index (κ2) is 4.49. The van der Waals surface area contributed by atoms with E-state index in [1.165, 1.54) is 32.3 Å². The van der Waals surface area contributed by atoms with Crippen LogP contribution in [-0.4, -0.2) is 27.5 Å². The van der Waals surface area contributed by atoms with E-state index in [0.29, 0.717) is 0 Å². The molecule has 0 fully saturated rings. The number of nitrogens with one attached hydrogen (secondary N) is 1. The van der Waals surface area contributed by atoms with Crippen LogP contribution in [-0.2, 0) is 4.79 Å². The van der Waals surface area contributed by atoms with Crippen LogP contribution in [0.2, 0.25) is 5.02 Å². The van der Waals surface area contributed by atoms with Crippen molar-refractivity contribution in [1.82, 2.24) is 10.3 Å². The van der Waals surface area contributed by atoms with Gasteiger partial charge in [0.15, 0.2) is 0 Å². The van der Waals surface area contributed by atoms with Gasteiger partial charge in [0.2, 0.25) is 0 Å². The summed E-state index contributed by atoms with van der Waals surface area (Å²) in [5, 5.41) is 11.4. The summed E-state index contributed by atoms with van der Waals surface area (Å²) in [6.07, 6.45) is 2.73. The highest BCUT2D eigenvalue weighted by Crippen LogP contribution is 2.14. The zero-order chi connectivity index (χ0) is 12.3. The van der Waals surface area contributed by atoms with Gasteiger partial charge in [0.25, 0.3) is 5.91 Å². The molecular weight excluding hydrogens is 232 g/mol. The Labute approximate surface area is 97.4 Å². The highest BCUT2D eigenvalue weighted by atomic mass is 35.5. The summed E-state index contributed by atoms with van der Waals surface area (Å²) in [5.74, 6) is -1.66. The van der Waals surface area contributed by atoms with Crippen LogP contribution in [0.25, 0.3) is 0 Å². The summed E-state index contributed by atoms with van der Waals surface area (Å²) >= 11 is 5.76. The molecule has 0 bridgehead atoms. The van der Waals surface area contributed by atoms with E-state index in [0.717, 1.165) is 0 Å². The number of hydrogen-bond donors (Lipinski definition) is 2. The van der Waals surface area contributed by atoms with Crippen LogP contribution in [0.4, 0.5) is 0 Å². The predicted molar refractivity (Wildman–Crippen MR) is 58.4 cm³/mol. The Morgan fingerprint density at radius 1 is 1.50 bits per heavy atom. The zero-order valence-corrected chi connectivity index (χ0v) is 9.58. The fraction of sp³-hybridized carbons (Fsp3) is 0.300. The molecule has 0 aliphatic carbocycles. The first-order chi connectivity index (χ1) is 7.34. The van der Waals surface area contributed by atoms with Crippen LogP contribution in [0.1, 0.15) is 24.2 Å². The Morgan fingerprint density at radius 3 is 2.62 bits per heavy atom. The summed E-state index contributed by atoms with van der Waals surface area (Å²) in [6.45, 7) is 2.78. The molecule has 16 heavy (non-hydrogen) atoms. The summed E-state index contributed by atoms with van der Waals surface area (Å²) in [6, 6.07) is 1.43. The molecule has 1 amide bonds. The number of rotatable bonds is 3. The van der Waals surface area contributed by atoms with Gasteiger partial charge in [-0.05, 0) is 19.9 Å². The number of pyridine rings is 1. The number of nitrogens with zero attached hydrogens (tertiary/aromatic N) is 1. The first-order valence-corrected chi connectivity index (χ1v) is 4.88. The van der Waals surface area contributed by atoms with Gasteiger partial charge < -0.3 is 10.4 Å². The molecule has 1 aromatic heterocycles. The maximum absolute atomic E-state index is 11.7. The Balaban J connectivity index is 2.89. The van der Waals surface area contributed by atoms with Crippen molar-refractivity contribution in [1.29, 1.82) is 0 Å². The Bertz CT molecular complexity index is 432. The van der Waals surface area contributed by atoms with Crippen LogP contribution >= 0.6 is 11.6 Å². The van der Waals surface area contributed by atoms with E-state index in [-0.39, 0.29) is 10.6 Å². The maximum Gasteiger partial charge on any atom is 0.328 e. The van der Waals surface area contributed by atoms with Gasteiger partial charge in [-0.1, -0.05) is 11.6 Å². The number of hydrogen-bond acceptors (Lipinski definition) is 3. The van der Waals surface area contributed by atoms with Gasteiger partial charge in [-0.15, -0.1) is 0 Å². The molecule has 0 aromatic carbocycles. The lowest BCUT2D eigenvalue weighted by Gasteiger charge is -2.21. The number of aliphatic carboxylic acids is 1. The van der Waals surface area contributed by atoms with Crippen LogP contribution in [0.15, 0.2) is 18.5 Å². The maximum atomic E-state index is 11.7. The van der Waals surface area contributed by atoms with Crippen molar-refractivity contribution in [2.75, 3.05) is 0 Å². The van der Waals surface area contributed by atoms with Crippen molar-refractivity contribution >= 4 is 23.5 Å². The largest absolute Gasteiger partial charge is 0.480 e. The van der Waals surface area contributed by atoms with Crippen molar-refractivity contribution in [2.24, 2.45) is 0 Å². The van der Waals surface area contributed by atoms with E-state index in [4.69, 9.17) is 16.7 Å². The second-order valence-corrected chi connectivity index (χ2v) is 4.15. The fourth-order valence-electron chi connectivity index (χ4n) is 0.964. The van der Waals surface area contributed by atoms with Gasteiger partial charge in [0.05, 0.1) is 10.6 Å². The topological polar surface area (TPSA) is 79.3 Å². The number of carboxylic acids is 1. The Morgan fingerprint density at radius 2 is 2.12 bits per heavy atom. The number of aromatic nitrogens is 1. The molecule has 0 saturated carbocycles. The highest BCUT2D eigenvalue weighted by molar-refractivity contribution is 6.33. The molecule has 2 N–H and O–H groups in total. The van der Waals surface area contributed by atoms with Crippen LogP contribution in [0, 0.1) is 0 Å². The van der Waals surface area contributed by atoms with Gasteiger partial charge in [-0.25, -0.2) is 4.79 Å². The molecule has 6 heteroatoms. The van der Waals surface area contributed by atoms with Gasteiger partial charge >= 0.3 is 5.97 Å². The first kappa shape index (κ1) is 12.4. The van der Waals surface area contributed by atoms with Gasteiger partial charge in [-0.2, -0.15) is 0 Å². The molecule has 0 spiro atoms. The minimum Gasteiger partial charge on any atom is -0.480 e. The lowest BCUT2D eigenvalue weighted by atomic mass is 10.1. The molecule has 5 nitrogen and oxygen atoms in total. The molecule has 1 heterocycles. The lowest BCUT2D eigenvalue weighted by Crippen LogP contribution is -2.49. The predicted octanol–water partition coefficient (Wildman–Crippen LogP) is 1.33. The minimum absolute atomic E-state index is 0.182. The van der Waals surface area contributed by atoms with Crippen molar-refractivity contribution in [3.8, 4) is 0 Å². The monoisotopic (exact) mass is 242 g/mol. The number of amides is 1. The Kier molecular flexibility index (Phi) is 3.49. The van der Waals surface area contributed by atoms with E-state index in [1.54, 1.807) is 0 Å². The quantitative estimate of drug-likeness (QED) is 0.838. The third-order valence-corrected chi connectivity index (χ3v) is 2.28. The summed E-state index contributed by atoms with van der Waals surface area (Å²) in [7, 11) is 0. The third kappa shape index (κ3) is 2.70. The molecule has 1 aromatic rings. The summed E-state index contributed by atoms with van der Waals surface area (Å²) in [4.78, 5) is 26.2. The smallest absolute Gasteiger partial charge is 0.328 e. The Hall–Kier alpha value is -1.62. The second-order valence-electron chi connectivity index (χ2n) is 3.74. The van der Waals surface area contributed by atoms with E-state index in [9.17, 15) is 9.59 Å². The highest BCUT2D eigenvalue weighted by Gasteiger charge is 2.29. The molecule has 0 aliphatic heterocycles. The van der Waals surface area contributed by atoms with Crippen molar-refractivity contribution < 1.29 is 14.7 Å². The van der Waals surface area contributed by atoms with Gasteiger partial charge in [-0.3, -0.25) is 9.78 Å². The average Bonchev–Trinajstić information content (AvgIpc) is 2.17. The number of carboxylic acid groups (broad SMARTS) is 1. The van der Waals surface area contributed by atoms with Crippen LogP contribution in [0.5, 0.6) is 0 Å². The standard InChI is InChI=1S/C10H11ClN2O3/c1-10(2,9(15)16)13-8(14)6-3-4-12-5-7(6)11/h3-5H,1-2H3,(H,13,14)(H,15,16). The molecule has 0 atom stereocenters. The van der Waals surface area contributed by atoms with Gasteiger partial charge in [0.1, 0.15) is 5.54 Å². The lowest BCUT2D eigenvalue weighted by molar-refractivity contribution is -0.143. The van der Waals surface area contributed by atoms with E-state index in [1.807, 2.05) is 0 Å². The number of carbonyl (C=O) groups is 2. The van der Waals surface area contributed by atoms with Crippen LogP contribution in [0.3, 0.4) is 0 Å². The van der Waals surface area contributed by atoms with E-state index in [2.05, 4.69) is 10.3 Å². The molecule has 0 radical (unpaired) electrons. The molecule has 0 aliphatic rings.